The van der Waals surface area contributed by atoms with Crippen molar-refractivity contribution in [2.24, 2.45) is 0 Å². The van der Waals surface area contributed by atoms with E-state index in [9.17, 15) is 9.59 Å². The first-order valence-corrected chi connectivity index (χ1v) is 11.5. The number of benzene rings is 2. The highest BCUT2D eigenvalue weighted by atomic mass is 32.2. The van der Waals surface area contributed by atoms with Crippen LogP contribution in [0, 0.1) is 0 Å². The fraction of sp³-hybridized carbons (Fsp3) is 0.217. The van der Waals surface area contributed by atoms with Gasteiger partial charge in [0.2, 0.25) is 11.8 Å². The van der Waals surface area contributed by atoms with Crippen LogP contribution in [0.25, 0.3) is 0 Å². The van der Waals surface area contributed by atoms with Gasteiger partial charge in [-0.15, -0.1) is 23.1 Å². The first-order valence-electron chi connectivity index (χ1n) is 9.59. The Hall–Kier alpha value is -2.57. The Morgan fingerprint density at radius 2 is 2.00 bits per heavy atom. The minimum absolute atomic E-state index is 0.0349. The van der Waals surface area contributed by atoms with E-state index in [4.69, 9.17) is 0 Å². The molecule has 1 saturated heterocycles. The van der Waals surface area contributed by atoms with Crippen LogP contribution in [0.2, 0.25) is 0 Å². The molecule has 1 aliphatic rings. The van der Waals surface area contributed by atoms with Crippen LogP contribution in [0.15, 0.2) is 66.0 Å². The lowest BCUT2D eigenvalue weighted by Gasteiger charge is -2.25. The minimum Gasteiger partial charge on any atom is -0.326 e. The zero-order chi connectivity index (χ0) is 20.2. The normalized spacial score (nSPS) is 16.2. The first kappa shape index (κ1) is 19.7. The summed E-state index contributed by atoms with van der Waals surface area (Å²) in [6.45, 7) is 2.11. The Bertz CT molecular complexity index is 1020. The molecule has 0 unspecified atom stereocenters. The van der Waals surface area contributed by atoms with Crippen molar-refractivity contribution in [2.75, 3.05) is 16.0 Å². The molecule has 0 saturated carbocycles. The van der Waals surface area contributed by atoms with Crippen molar-refractivity contribution in [2.45, 2.75) is 25.1 Å². The molecule has 148 valence electrons. The Kier molecular flexibility index (Phi) is 6.02. The van der Waals surface area contributed by atoms with Gasteiger partial charge in [-0.1, -0.05) is 37.3 Å². The molecular weight excluding hydrogens is 400 g/mol. The van der Waals surface area contributed by atoms with Gasteiger partial charge < -0.3 is 5.32 Å². The number of aryl methyl sites for hydroxylation is 1. The first-order chi connectivity index (χ1) is 14.1. The molecule has 1 aliphatic heterocycles. The van der Waals surface area contributed by atoms with Crippen LogP contribution in [0.1, 0.15) is 28.3 Å². The number of carbonyl (C=O) groups excluding carboxylic acids is 2. The third kappa shape index (κ3) is 4.54. The largest absolute Gasteiger partial charge is 0.326 e. The fourth-order valence-corrected chi connectivity index (χ4v) is 5.29. The molecule has 0 spiro atoms. The topological polar surface area (TPSA) is 49.4 Å². The number of hydrogen-bond donors (Lipinski definition) is 1. The van der Waals surface area contributed by atoms with Crippen LogP contribution in [0.3, 0.4) is 0 Å². The third-order valence-corrected chi connectivity index (χ3v) is 6.92. The third-order valence-electron chi connectivity index (χ3n) is 4.84. The van der Waals surface area contributed by atoms with Crippen LogP contribution in [-0.2, 0) is 22.4 Å². The van der Waals surface area contributed by atoms with Crippen LogP contribution < -0.4 is 10.2 Å². The summed E-state index contributed by atoms with van der Waals surface area (Å²) >= 11 is 3.19. The molecule has 0 bridgehead atoms. The number of hydrogen-bond acceptors (Lipinski definition) is 4. The fourth-order valence-electron chi connectivity index (χ4n) is 3.42. The van der Waals surface area contributed by atoms with E-state index < -0.39 is 0 Å². The van der Waals surface area contributed by atoms with Gasteiger partial charge in [0.15, 0.2) is 0 Å². The second-order valence-electron chi connectivity index (χ2n) is 6.88. The summed E-state index contributed by atoms with van der Waals surface area (Å²) in [5.41, 5.74) is 3.90. The highest BCUT2D eigenvalue weighted by Crippen LogP contribution is 2.42. The molecule has 4 rings (SSSR count). The van der Waals surface area contributed by atoms with Gasteiger partial charge in [-0.05, 0) is 53.3 Å². The maximum absolute atomic E-state index is 12.6. The summed E-state index contributed by atoms with van der Waals surface area (Å²) < 4.78 is 0. The number of carbonyl (C=O) groups is 2. The SMILES string of the molecule is CCc1cccc(N2C(=O)CS[C@@H]2c2cccc(NC(=O)Cc3cccs3)c2)c1. The van der Waals surface area contributed by atoms with Gasteiger partial charge in [0, 0.05) is 16.3 Å². The quantitative estimate of drug-likeness (QED) is 0.589. The van der Waals surface area contributed by atoms with Crippen molar-refractivity contribution in [1.82, 2.24) is 0 Å². The minimum atomic E-state index is -0.0937. The van der Waals surface area contributed by atoms with E-state index in [1.165, 1.54) is 5.56 Å². The van der Waals surface area contributed by atoms with Gasteiger partial charge >= 0.3 is 0 Å². The number of nitrogens with zero attached hydrogens (tertiary/aromatic N) is 1. The second-order valence-corrected chi connectivity index (χ2v) is 8.98. The summed E-state index contributed by atoms with van der Waals surface area (Å²) in [6.07, 6.45) is 1.30. The van der Waals surface area contributed by atoms with E-state index in [0.29, 0.717) is 12.2 Å². The van der Waals surface area contributed by atoms with E-state index in [1.54, 1.807) is 23.1 Å². The van der Waals surface area contributed by atoms with Gasteiger partial charge in [-0.25, -0.2) is 0 Å². The highest BCUT2D eigenvalue weighted by molar-refractivity contribution is 8.00. The molecule has 1 fully saturated rings. The van der Waals surface area contributed by atoms with Crippen molar-refractivity contribution in [1.29, 1.82) is 0 Å². The monoisotopic (exact) mass is 422 g/mol. The predicted octanol–water partition coefficient (Wildman–Crippen LogP) is 5.27. The summed E-state index contributed by atoms with van der Waals surface area (Å²) in [6, 6.07) is 19.9. The number of anilines is 2. The molecule has 1 aromatic heterocycles. The van der Waals surface area contributed by atoms with Crippen molar-refractivity contribution in [3.05, 3.63) is 82.0 Å². The molecule has 4 nitrogen and oxygen atoms in total. The average Bonchev–Trinajstić information content (AvgIpc) is 3.37. The smallest absolute Gasteiger partial charge is 0.238 e. The lowest BCUT2D eigenvalue weighted by atomic mass is 10.1. The molecule has 3 aromatic rings. The van der Waals surface area contributed by atoms with E-state index in [-0.39, 0.29) is 17.2 Å². The lowest BCUT2D eigenvalue weighted by molar-refractivity contribution is -0.116. The van der Waals surface area contributed by atoms with Crippen LogP contribution in [0.4, 0.5) is 11.4 Å². The standard InChI is InChI=1S/C23H22N2O2S2/c1-2-16-6-3-9-19(12-16)25-22(27)15-29-23(25)17-7-4-8-18(13-17)24-21(26)14-20-10-5-11-28-20/h3-13,23H,2,14-15H2,1H3,(H,24,26)/t23-/m1/s1. The molecule has 1 N–H and O–H groups in total. The average molecular weight is 423 g/mol. The molecule has 29 heavy (non-hydrogen) atoms. The summed E-state index contributed by atoms with van der Waals surface area (Å²) in [7, 11) is 0. The Morgan fingerprint density at radius 3 is 2.79 bits per heavy atom. The van der Waals surface area contributed by atoms with Gasteiger partial charge in [0.05, 0.1) is 12.2 Å². The Labute approximate surface area is 178 Å². The van der Waals surface area contributed by atoms with Gasteiger partial charge in [-0.2, -0.15) is 0 Å². The second kappa shape index (κ2) is 8.84. The molecule has 1 atom stereocenters. The lowest BCUT2D eigenvalue weighted by Crippen LogP contribution is -2.28. The van der Waals surface area contributed by atoms with Crippen molar-refractivity contribution in [3.63, 3.8) is 0 Å². The zero-order valence-electron chi connectivity index (χ0n) is 16.1. The summed E-state index contributed by atoms with van der Waals surface area (Å²) in [5, 5.41) is 4.86. The maximum Gasteiger partial charge on any atom is 0.238 e. The number of thioether (sulfide) groups is 1. The molecular formula is C23H22N2O2S2. The van der Waals surface area contributed by atoms with E-state index in [0.717, 1.165) is 28.2 Å². The predicted molar refractivity (Wildman–Crippen MR) is 122 cm³/mol. The number of thiophene rings is 1. The molecule has 0 radical (unpaired) electrons. The van der Waals surface area contributed by atoms with Gasteiger partial charge in [0.25, 0.3) is 0 Å². The van der Waals surface area contributed by atoms with Gasteiger partial charge in [0.1, 0.15) is 5.37 Å². The Morgan fingerprint density at radius 1 is 1.14 bits per heavy atom. The molecule has 2 amide bonds. The highest BCUT2D eigenvalue weighted by Gasteiger charge is 2.34. The van der Waals surface area contributed by atoms with E-state index in [2.05, 4.69) is 24.4 Å². The number of amides is 2. The van der Waals surface area contributed by atoms with Gasteiger partial charge in [-0.3, -0.25) is 14.5 Å². The van der Waals surface area contributed by atoms with Crippen molar-refractivity contribution < 1.29 is 9.59 Å². The summed E-state index contributed by atoms with van der Waals surface area (Å²) in [4.78, 5) is 27.9. The van der Waals surface area contributed by atoms with Crippen LogP contribution >= 0.6 is 23.1 Å². The number of nitrogens with one attached hydrogen (secondary N) is 1. The van der Waals surface area contributed by atoms with Crippen molar-refractivity contribution in [3.8, 4) is 0 Å². The molecule has 6 heteroatoms. The summed E-state index contributed by atoms with van der Waals surface area (Å²) in [5.74, 6) is 0.531. The van der Waals surface area contributed by atoms with E-state index >= 15 is 0 Å². The van der Waals surface area contributed by atoms with E-state index in [1.807, 2.05) is 58.8 Å². The number of rotatable bonds is 6. The van der Waals surface area contributed by atoms with Crippen LogP contribution in [0.5, 0.6) is 0 Å². The molecule has 2 heterocycles. The zero-order valence-corrected chi connectivity index (χ0v) is 17.8. The molecule has 0 aliphatic carbocycles. The maximum atomic E-state index is 12.6. The Balaban J connectivity index is 1.54. The van der Waals surface area contributed by atoms with Crippen LogP contribution in [-0.4, -0.2) is 17.6 Å². The van der Waals surface area contributed by atoms with Crippen molar-refractivity contribution >= 4 is 46.3 Å². The molecule has 2 aromatic carbocycles.